The average molecular weight is 423 g/mol. The maximum Gasteiger partial charge on any atom is 0.198 e. The third-order valence-electron chi connectivity index (χ3n) is 5.79. The van der Waals surface area contributed by atoms with Crippen LogP contribution in [0, 0.1) is 6.92 Å². The number of piperidine rings is 1. The molecule has 30 heavy (non-hydrogen) atoms. The number of aromatic nitrogens is 5. The number of anilines is 1. The highest BCUT2D eigenvalue weighted by atomic mass is 35.5. The van der Waals surface area contributed by atoms with Gasteiger partial charge in [-0.1, -0.05) is 23.7 Å². The highest BCUT2D eigenvalue weighted by Crippen LogP contribution is 2.46. The van der Waals surface area contributed by atoms with E-state index in [1.165, 1.54) is 6.42 Å². The number of aryl methyl sites for hydroxylation is 1. The standard InChI is InChI=1S/C22H23ClN6O/c1-14-9-10-17-18(19(14)23)20(28-11-4-3-5-12-28)21(22-24-26-27-25-22)29(17)15-7-6-8-16(13-15)30-2/h6-10,13H,3-5,11-12H2,1-2H3,(H,24,25,26,27). The van der Waals surface area contributed by atoms with Gasteiger partial charge in [0.15, 0.2) is 5.82 Å². The molecule has 0 saturated carbocycles. The first kappa shape index (κ1) is 18.9. The Morgan fingerprint density at radius 2 is 1.93 bits per heavy atom. The number of methoxy groups -OCH3 is 1. The van der Waals surface area contributed by atoms with Crippen molar-refractivity contribution in [2.45, 2.75) is 26.2 Å². The van der Waals surface area contributed by atoms with Crippen LogP contribution in [0.5, 0.6) is 5.75 Å². The molecule has 1 fully saturated rings. The first-order valence-electron chi connectivity index (χ1n) is 10.2. The predicted octanol–water partition coefficient (Wildman–Crippen LogP) is 4.77. The van der Waals surface area contributed by atoms with Gasteiger partial charge in [-0.25, -0.2) is 5.10 Å². The lowest BCUT2D eigenvalue weighted by molar-refractivity contribution is 0.414. The Morgan fingerprint density at radius 1 is 1.10 bits per heavy atom. The molecule has 8 heteroatoms. The van der Waals surface area contributed by atoms with Crippen LogP contribution >= 0.6 is 11.6 Å². The zero-order valence-electron chi connectivity index (χ0n) is 17.0. The number of fused-ring (bicyclic) bond motifs is 1. The second-order valence-electron chi connectivity index (χ2n) is 7.62. The number of halogens is 1. The fourth-order valence-electron chi connectivity index (χ4n) is 4.35. The lowest BCUT2D eigenvalue weighted by Gasteiger charge is -2.29. The van der Waals surface area contributed by atoms with Gasteiger partial charge >= 0.3 is 0 Å². The third-order valence-corrected chi connectivity index (χ3v) is 6.28. The summed E-state index contributed by atoms with van der Waals surface area (Å²) in [6, 6.07) is 12.2. The maximum absolute atomic E-state index is 6.92. The van der Waals surface area contributed by atoms with Crippen LogP contribution in [0.3, 0.4) is 0 Å². The van der Waals surface area contributed by atoms with Crippen LogP contribution in [-0.4, -0.2) is 45.4 Å². The van der Waals surface area contributed by atoms with Crippen molar-refractivity contribution in [1.29, 1.82) is 0 Å². The third kappa shape index (κ3) is 3.01. The number of aromatic amines is 1. The molecule has 2 aromatic carbocycles. The highest BCUT2D eigenvalue weighted by molar-refractivity contribution is 6.38. The molecule has 0 radical (unpaired) electrons. The SMILES string of the molecule is COc1cccc(-n2c(-c3nnn[nH]3)c(N3CCCCC3)c3c(Cl)c(C)ccc32)c1. The molecule has 0 unspecified atom stereocenters. The first-order valence-corrected chi connectivity index (χ1v) is 10.5. The van der Waals surface area contributed by atoms with Gasteiger partial charge in [0.2, 0.25) is 0 Å². The largest absolute Gasteiger partial charge is 0.497 e. The van der Waals surface area contributed by atoms with Crippen LogP contribution in [0.15, 0.2) is 36.4 Å². The van der Waals surface area contributed by atoms with E-state index in [2.05, 4.69) is 48.3 Å². The summed E-state index contributed by atoms with van der Waals surface area (Å²) in [5, 5.41) is 16.8. The molecule has 3 heterocycles. The highest BCUT2D eigenvalue weighted by Gasteiger charge is 2.28. The van der Waals surface area contributed by atoms with E-state index in [1.807, 2.05) is 25.1 Å². The molecule has 0 amide bonds. The zero-order chi connectivity index (χ0) is 20.7. The summed E-state index contributed by atoms with van der Waals surface area (Å²) in [4.78, 5) is 2.42. The molecule has 154 valence electrons. The van der Waals surface area contributed by atoms with E-state index < -0.39 is 0 Å². The maximum atomic E-state index is 6.92. The van der Waals surface area contributed by atoms with Crippen molar-refractivity contribution in [3.63, 3.8) is 0 Å². The number of hydrogen-bond donors (Lipinski definition) is 1. The summed E-state index contributed by atoms with van der Waals surface area (Å²) < 4.78 is 7.66. The Morgan fingerprint density at radius 3 is 2.67 bits per heavy atom. The quantitative estimate of drug-likeness (QED) is 0.512. The topological polar surface area (TPSA) is 71.9 Å². The molecule has 2 aromatic heterocycles. The number of H-pyrrole nitrogens is 1. The average Bonchev–Trinajstić information content (AvgIpc) is 3.43. The summed E-state index contributed by atoms with van der Waals surface area (Å²) in [5.41, 5.74) is 5.03. The number of nitrogens with one attached hydrogen (secondary N) is 1. The Hall–Kier alpha value is -3.06. The lowest BCUT2D eigenvalue weighted by Crippen LogP contribution is -2.29. The first-order chi connectivity index (χ1) is 14.7. The predicted molar refractivity (Wildman–Crippen MR) is 119 cm³/mol. The molecule has 5 rings (SSSR count). The monoisotopic (exact) mass is 422 g/mol. The Labute approximate surface area is 179 Å². The molecule has 0 atom stereocenters. The summed E-state index contributed by atoms with van der Waals surface area (Å²) >= 11 is 6.92. The van der Waals surface area contributed by atoms with Crippen LogP contribution in [-0.2, 0) is 0 Å². The molecule has 0 bridgehead atoms. The van der Waals surface area contributed by atoms with Crippen LogP contribution in [0.25, 0.3) is 28.1 Å². The van der Waals surface area contributed by atoms with Crippen LogP contribution in [0.4, 0.5) is 5.69 Å². The van der Waals surface area contributed by atoms with E-state index in [1.54, 1.807) is 7.11 Å². The Balaban J connectivity index is 1.91. The van der Waals surface area contributed by atoms with Crippen molar-refractivity contribution in [3.8, 4) is 23.0 Å². The van der Waals surface area contributed by atoms with E-state index in [-0.39, 0.29) is 0 Å². The minimum Gasteiger partial charge on any atom is -0.497 e. The van der Waals surface area contributed by atoms with Gasteiger partial charge in [0.05, 0.1) is 29.0 Å². The zero-order valence-corrected chi connectivity index (χ0v) is 17.8. The van der Waals surface area contributed by atoms with Crippen molar-refractivity contribution in [2.24, 2.45) is 0 Å². The van der Waals surface area contributed by atoms with Gasteiger partial charge in [0, 0.05) is 24.5 Å². The van der Waals surface area contributed by atoms with Gasteiger partial charge in [0.1, 0.15) is 11.4 Å². The van der Waals surface area contributed by atoms with Crippen molar-refractivity contribution in [2.75, 3.05) is 25.1 Å². The van der Waals surface area contributed by atoms with E-state index in [0.29, 0.717) is 5.82 Å². The molecule has 1 aliphatic heterocycles. The van der Waals surface area contributed by atoms with Crippen LogP contribution in [0.1, 0.15) is 24.8 Å². The summed E-state index contributed by atoms with van der Waals surface area (Å²) in [7, 11) is 1.67. The molecule has 0 aliphatic carbocycles. The van der Waals surface area contributed by atoms with Gasteiger partial charge in [-0.15, -0.1) is 5.10 Å². The molecular formula is C22H23ClN6O. The normalized spacial score (nSPS) is 14.4. The molecule has 0 spiro atoms. The van der Waals surface area contributed by atoms with Crippen molar-refractivity contribution < 1.29 is 4.74 Å². The second kappa shape index (κ2) is 7.65. The molecule has 4 aromatic rings. The van der Waals surface area contributed by atoms with Gasteiger partial charge in [0.25, 0.3) is 0 Å². The number of nitrogens with zero attached hydrogens (tertiary/aromatic N) is 5. The van der Waals surface area contributed by atoms with Crippen molar-refractivity contribution >= 4 is 28.2 Å². The van der Waals surface area contributed by atoms with E-state index in [0.717, 1.165) is 70.2 Å². The minimum absolute atomic E-state index is 0.614. The lowest BCUT2D eigenvalue weighted by atomic mass is 10.1. The van der Waals surface area contributed by atoms with Gasteiger partial charge in [-0.2, -0.15) is 0 Å². The van der Waals surface area contributed by atoms with E-state index >= 15 is 0 Å². The van der Waals surface area contributed by atoms with Gasteiger partial charge in [-0.3, -0.25) is 0 Å². The molecule has 1 aliphatic rings. The fourth-order valence-corrected chi connectivity index (χ4v) is 4.60. The number of hydrogen-bond acceptors (Lipinski definition) is 5. The molecule has 1 N–H and O–H groups in total. The van der Waals surface area contributed by atoms with Crippen molar-refractivity contribution in [1.82, 2.24) is 25.2 Å². The van der Waals surface area contributed by atoms with Crippen molar-refractivity contribution in [3.05, 3.63) is 47.0 Å². The van der Waals surface area contributed by atoms with E-state index in [4.69, 9.17) is 16.3 Å². The molecule has 7 nitrogen and oxygen atoms in total. The number of rotatable bonds is 4. The Bertz CT molecular complexity index is 1190. The second-order valence-corrected chi connectivity index (χ2v) is 8.00. The fraction of sp³-hybridized carbons (Fsp3) is 0.318. The smallest absolute Gasteiger partial charge is 0.198 e. The Kier molecular flexibility index (Phi) is 4.83. The van der Waals surface area contributed by atoms with Gasteiger partial charge < -0.3 is 14.2 Å². The molecular weight excluding hydrogens is 400 g/mol. The summed E-state index contributed by atoms with van der Waals surface area (Å²) in [5.74, 6) is 1.40. The van der Waals surface area contributed by atoms with Gasteiger partial charge in [-0.05, 0) is 60.4 Å². The summed E-state index contributed by atoms with van der Waals surface area (Å²) in [6.07, 6.45) is 3.56. The van der Waals surface area contributed by atoms with E-state index in [9.17, 15) is 0 Å². The van der Waals surface area contributed by atoms with Crippen LogP contribution in [0.2, 0.25) is 5.02 Å². The van der Waals surface area contributed by atoms with Crippen LogP contribution < -0.4 is 9.64 Å². The number of ether oxygens (including phenoxy) is 1. The number of tetrazole rings is 1. The minimum atomic E-state index is 0.614. The summed E-state index contributed by atoms with van der Waals surface area (Å²) in [6.45, 7) is 4.01. The molecule has 1 saturated heterocycles. The number of benzene rings is 2.